The third-order valence-electron chi connectivity index (χ3n) is 2.69. The molecule has 0 spiro atoms. The van der Waals surface area contributed by atoms with E-state index in [2.05, 4.69) is 29.1 Å². The third-order valence-corrected chi connectivity index (χ3v) is 2.69. The zero-order chi connectivity index (χ0) is 14.4. The lowest BCUT2D eigenvalue weighted by atomic mass is 10.1. The summed E-state index contributed by atoms with van der Waals surface area (Å²) >= 11 is 0. The number of hydrogen-bond donors (Lipinski definition) is 1. The lowest BCUT2D eigenvalue weighted by Crippen LogP contribution is -2.23. The maximum atomic E-state index is 11.0. The number of nitrogens with zero attached hydrogens (tertiary/aromatic N) is 4. The lowest BCUT2D eigenvalue weighted by Gasteiger charge is -2.19. The van der Waals surface area contributed by atoms with Gasteiger partial charge in [0.15, 0.2) is 0 Å². The molecule has 0 unspecified atom stereocenters. The van der Waals surface area contributed by atoms with Crippen LogP contribution < -0.4 is 10.2 Å². The quantitative estimate of drug-likeness (QED) is 0.602. The zero-order valence-corrected chi connectivity index (χ0v) is 11.9. The summed E-state index contributed by atoms with van der Waals surface area (Å²) in [6.07, 6.45) is 2.21. The van der Waals surface area contributed by atoms with Crippen LogP contribution in [0.25, 0.3) is 0 Å². The molecule has 0 fully saturated rings. The smallest absolute Gasteiger partial charge is 0.329 e. The number of nitrogens with one attached hydrogen (secondary N) is 1. The first kappa shape index (κ1) is 15.1. The van der Waals surface area contributed by atoms with Gasteiger partial charge in [0.1, 0.15) is 6.20 Å². The molecule has 1 N–H and O–H groups in total. The molecular formula is C12H21N5O2. The molecule has 1 heterocycles. The van der Waals surface area contributed by atoms with Crippen LogP contribution in [0.15, 0.2) is 6.20 Å². The summed E-state index contributed by atoms with van der Waals surface area (Å²) < 4.78 is 0. The van der Waals surface area contributed by atoms with Gasteiger partial charge in [0.05, 0.1) is 4.92 Å². The molecule has 0 radical (unpaired) electrons. The molecule has 0 amide bonds. The summed E-state index contributed by atoms with van der Waals surface area (Å²) in [5.74, 6) is 1.31. The second kappa shape index (κ2) is 6.86. The predicted octanol–water partition coefficient (Wildman–Crippen LogP) is 2.30. The van der Waals surface area contributed by atoms with Crippen molar-refractivity contribution < 1.29 is 4.92 Å². The van der Waals surface area contributed by atoms with Crippen LogP contribution in [0.5, 0.6) is 0 Å². The van der Waals surface area contributed by atoms with Gasteiger partial charge in [-0.3, -0.25) is 10.1 Å². The number of nitro groups is 1. The van der Waals surface area contributed by atoms with Crippen molar-refractivity contribution in [3.05, 3.63) is 16.3 Å². The van der Waals surface area contributed by atoms with Crippen molar-refractivity contribution in [1.82, 2.24) is 9.97 Å². The maximum absolute atomic E-state index is 11.0. The zero-order valence-electron chi connectivity index (χ0n) is 11.9. The molecule has 0 bridgehead atoms. The number of anilines is 2. The van der Waals surface area contributed by atoms with Crippen molar-refractivity contribution in [1.29, 1.82) is 0 Å². The van der Waals surface area contributed by atoms with Crippen LogP contribution in [0.3, 0.4) is 0 Å². The average molecular weight is 267 g/mol. The Kier molecular flexibility index (Phi) is 5.47. The Morgan fingerprint density at radius 3 is 2.74 bits per heavy atom. The molecule has 1 rings (SSSR count). The summed E-state index contributed by atoms with van der Waals surface area (Å²) in [6, 6.07) is 0. The van der Waals surface area contributed by atoms with E-state index >= 15 is 0 Å². The Labute approximate surface area is 113 Å². The fraction of sp³-hybridized carbons (Fsp3) is 0.667. The standard InChI is InChI=1S/C12H21N5O2/c1-5-13-12-14-8-10(17(18)19)11(15-12)16(4)7-6-9(2)3/h8-9H,5-7H2,1-4H3,(H,13,14,15). The highest BCUT2D eigenvalue weighted by atomic mass is 16.6. The van der Waals surface area contributed by atoms with Gasteiger partial charge in [0.2, 0.25) is 11.8 Å². The number of hydrogen-bond acceptors (Lipinski definition) is 6. The van der Waals surface area contributed by atoms with Crippen LogP contribution in [-0.4, -0.2) is 35.0 Å². The van der Waals surface area contributed by atoms with E-state index in [1.54, 1.807) is 4.90 Å². The first-order valence-corrected chi connectivity index (χ1v) is 6.42. The Balaban J connectivity index is 2.99. The first-order chi connectivity index (χ1) is 8.95. The van der Waals surface area contributed by atoms with Gasteiger partial charge in [-0.2, -0.15) is 4.98 Å². The topological polar surface area (TPSA) is 84.2 Å². The molecule has 0 aromatic carbocycles. The Bertz CT molecular complexity index is 436. The van der Waals surface area contributed by atoms with Crippen molar-refractivity contribution >= 4 is 17.5 Å². The molecule has 106 valence electrons. The number of aromatic nitrogens is 2. The number of rotatable bonds is 7. The fourth-order valence-electron chi connectivity index (χ4n) is 1.58. The van der Waals surface area contributed by atoms with E-state index in [9.17, 15) is 10.1 Å². The molecule has 0 atom stereocenters. The minimum Gasteiger partial charge on any atom is -0.354 e. The van der Waals surface area contributed by atoms with Gasteiger partial charge < -0.3 is 10.2 Å². The highest BCUT2D eigenvalue weighted by Crippen LogP contribution is 2.25. The van der Waals surface area contributed by atoms with Crippen LogP contribution in [0, 0.1) is 16.0 Å². The van der Waals surface area contributed by atoms with Crippen molar-refractivity contribution in [2.24, 2.45) is 5.92 Å². The van der Waals surface area contributed by atoms with Gasteiger partial charge in [-0.25, -0.2) is 4.98 Å². The molecule has 7 nitrogen and oxygen atoms in total. The van der Waals surface area contributed by atoms with E-state index < -0.39 is 4.92 Å². The third kappa shape index (κ3) is 4.35. The largest absolute Gasteiger partial charge is 0.354 e. The maximum Gasteiger partial charge on any atom is 0.329 e. The van der Waals surface area contributed by atoms with Gasteiger partial charge in [-0.05, 0) is 19.3 Å². The van der Waals surface area contributed by atoms with E-state index in [0.717, 1.165) is 13.0 Å². The summed E-state index contributed by atoms with van der Waals surface area (Å²) in [7, 11) is 1.81. The molecule has 1 aromatic heterocycles. The first-order valence-electron chi connectivity index (χ1n) is 6.42. The molecule has 0 aliphatic carbocycles. The van der Waals surface area contributed by atoms with E-state index in [-0.39, 0.29) is 5.69 Å². The Morgan fingerprint density at radius 2 is 2.21 bits per heavy atom. The van der Waals surface area contributed by atoms with E-state index in [0.29, 0.717) is 24.2 Å². The van der Waals surface area contributed by atoms with Gasteiger partial charge in [0, 0.05) is 20.1 Å². The van der Waals surface area contributed by atoms with E-state index in [1.807, 2.05) is 14.0 Å². The predicted molar refractivity (Wildman–Crippen MR) is 75.6 cm³/mol. The SMILES string of the molecule is CCNc1ncc([N+](=O)[O-])c(N(C)CCC(C)C)n1. The molecule has 0 aliphatic heterocycles. The van der Waals surface area contributed by atoms with Gasteiger partial charge in [0.25, 0.3) is 0 Å². The normalized spacial score (nSPS) is 10.6. The summed E-state index contributed by atoms with van der Waals surface area (Å²) in [5.41, 5.74) is -0.0621. The molecule has 19 heavy (non-hydrogen) atoms. The minimum atomic E-state index is -0.447. The average Bonchev–Trinajstić information content (AvgIpc) is 2.36. The highest BCUT2D eigenvalue weighted by molar-refractivity contribution is 5.58. The molecule has 7 heteroatoms. The van der Waals surface area contributed by atoms with Gasteiger partial charge >= 0.3 is 5.69 Å². The van der Waals surface area contributed by atoms with Crippen LogP contribution in [0.4, 0.5) is 17.5 Å². The minimum absolute atomic E-state index is 0.0621. The Morgan fingerprint density at radius 1 is 1.53 bits per heavy atom. The van der Waals surface area contributed by atoms with Gasteiger partial charge in [-0.1, -0.05) is 13.8 Å². The van der Waals surface area contributed by atoms with Crippen molar-refractivity contribution in [2.75, 3.05) is 30.4 Å². The molecule has 0 aliphatic rings. The van der Waals surface area contributed by atoms with Crippen molar-refractivity contribution in [3.63, 3.8) is 0 Å². The van der Waals surface area contributed by atoms with Crippen LogP contribution >= 0.6 is 0 Å². The summed E-state index contributed by atoms with van der Waals surface area (Å²) in [4.78, 5) is 20.5. The second-order valence-electron chi connectivity index (χ2n) is 4.79. The van der Waals surface area contributed by atoms with E-state index in [1.165, 1.54) is 6.20 Å². The molecular weight excluding hydrogens is 246 g/mol. The fourth-order valence-corrected chi connectivity index (χ4v) is 1.58. The molecule has 0 saturated carbocycles. The highest BCUT2D eigenvalue weighted by Gasteiger charge is 2.20. The Hall–Kier alpha value is -1.92. The van der Waals surface area contributed by atoms with Crippen molar-refractivity contribution in [3.8, 4) is 0 Å². The molecule has 1 aromatic rings. The summed E-state index contributed by atoms with van der Waals surface area (Å²) in [6.45, 7) is 7.56. The van der Waals surface area contributed by atoms with Gasteiger partial charge in [-0.15, -0.1) is 0 Å². The second-order valence-corrected chi connectivity index (χ2v) is 4.79. The van der Waals surface area contributed by atoms with Crippen molar-refractivity contribution in [2.45, 2.75) is 27.2 Å². The molecule has 0 saturated heterocycles. The summed E-state index contributed by atoms with van der Waals surface area (Å²) in [5, 5.41) is 14.0. The van der Waals surface area contributed by atoms with Crippen LogP contribution in [0.2, 0.25) is 0 Å². The van der Waals surface area contributed by atoms with Crippen LogP contribution in [-0.2, 0) is 0 Å². The van der Waals surface area contributed by atoms with E-state index in [4.69, 9.17) is 0 Å². The monoisotopic (exact) mass is 267 g/mol. The van der Waals surface area contributed by atoms with Crippen LogP contribution in [0.1, 0.15) is 27.2 Å². The lowest BCUT2D eigenvalue weighted by molar-refractivity contribution is -0.384.